The van der Waals surface area contributed by atoms with Gasteiger partial charge < -0.3 is 10.4 Å². The fraction of sp³-hybridized carbons (Fsp3) is 0.889. The lowest BCUT2D eigenvalue weighted by Gasteiger charge is -2.25. The number of likely N-dealkylation sites (N-methyl/N-ethyl adjacent to an activating group) is 1. The van der Waals surface area contributed by atoms with Crippen LogP contribution in [0.1, 0.15) is 20.3 Å². The minimum atomic E-state index is -0.738. The molecule has 1 heterocycles. The van der Waals surface area contributed by atoms with Gasteiger partial charge in [-0.2, -0.15) is 0 Å². The lowest BCUT2D eigenvalue weighted by atomic mass is 9.99. The number of rotatable bonds is 3. The molecule has 2 N–H and O–H groups in total. The maximum absolute atomic E-state index is 11.0. The highest BCUT2D eigenvalue weighted by Crippen LogP contribution is 2.22. The van der Waals surface area contributed by atoms with Gasteiger partial charge in [-0.25, -0.2) is 0 Å². The van der Waals surface area contributed by atoms with E-state index in [1.54, 1.807) is 7.05 Å². The summed E-state index contributed by atoms with van der Waals surface area (Å²) in [7, 11) is 1.72. The van der Waals surface area contributed by atoms with E-state index in [2.05, 4.69) is 24.1 Å². The third-order valence-electron chi connectivity index (χ3n) is 2.92. The molecule has 0 aromatic heterocycles. The van der Waals surface area contributed by atoms with Crippen molar-refractivity contribution in [1.82, 2.24) is 10.2 Å². The van der Waals surface area contributed by atoms with Gasteiger partial charge in [0.25, 0.3) is 0 Å². The molecule has 0 spiro atoms. The van der Waals surface area contributed by atoms with Crippen molar-refractivity contribution >= 4 is 5.97 Å². The molecule has 1 aliphatic rings. The van der Waals surface area contributed by atoms with E-state index in [0.717, 1.165) is 6.54 Å². The number of carboxylic acids is 1. The summed E-state index contributed by atoms with van der Waals surface area (Å²) >= 11 is 0. The van der Waals surface area contributed by atoms with Crippen molar-refractivity contribution < 1.29 is 9.90 Å². The van der Waals surface area contributed by atoms with Crippen molar-refractivity contribution in [1.29, 1.82) is 0 Å². The van der Waals surface area contributed by atoms with Gasteiger partial charge in [0.1, 0.15) is 5.54 Å². The van der Waals surface area contributed by atoms with Crippen molar-refractivity contribution in [3.05, 3.63) is 0 Å². The normalized spacial score (nSPS) is 29.8. The van der Waals surface area contributed by atoms with Crippen LogP contribution in [0.3, 0.4) is 0 Å². The molecule has 0 aromatic carbocycles. The summed E-state index contributed by atoms with van der Waals surface area (Å²) in [6.07, 6.45) is 0.691. The quantitative estimate of drug-likeness (QED) is 0.658. The average Bonchev–Trinajstić information content (AvgIpc) is 2.49. The molecule has 1 saturated heterocycles. The molecular weight excluding hydrogens is 168 g/mol. The fourth-order valence-corrected chi connectivity index (χ4v) is 1.77. The number of carboxylic acid groups (broad SMARTS) is 1. The Balaban J connectivity index is 2.69. The van der Waals surface area contributed by atoms with Gasteiger partial charge in [0.15, 0.2) is 0 Å². The second-order valence-corrected chi connectivity index (χ2v) is 3.95. The predicted octanol–water partition coefficient (Wildman–Crippen LogP) is 0.143. The molecule has 4 nitrogen and oxygen atoms in total. The van der Waals surface area contributed by atoms with E-state index in [-0.39, 0.29) is 0 Å². The van der Waals surface area contributed by atoms with E-state index in [1.165, 1.54) is 0 Å². The Morgan fingerprint density at radius 2 is 2.23 bits per heavy atom. The summed E-state index contributed by atoms with van der Waals surface area (Å²) in [6.45, 7) is 5.66. The summed E-state index contributed by atoms with van der Waals surface area (Å²) < 4.78 is 0. The topological polar surface area (TPSA) is 52.6 Å². The summed E-state index contributed by atoms with van der Waals surface area (Å²) in [5.74, 6) is -0.738. The van der Waals surface area contributed by atoms with Gasteiger partial charge in [-0.3, -0.25) is 9.69 Å². The maximum atomic E-state index is 11.0. The van der Waals surface area contributed by atoms with Gasteiger partial charge in [-0.1, -0.05) is 0 Å². The second-order valence-electron chi connectivity index (χ2n) is 3.95. The number of carbonyl (C=O) groups is 1. The first-order chi connectivity index (χ1) is 6.02. The fourth-order valence-electron chi connectivity index (χ4n) is 1.77. The number of hydrogen-bond donors (Lipinski definition) is 2. The monoisotopic (exact) mass is 186 g/mol. The number of likely N-dealkylation sites (tertiary alicyclic amines) is 1. The average molecular weight is 186 g/mol. The van der Waals surface area contributed by atoms with Crippen LogP contribution in [-0.2, 0) is 4.79 Å². The third-order valence-corrected chi connectivity index (χ3v) is 2.92. The highest BCUT2D eigenvalue weighted by Gasteiger charge is 2.43. The Hall–Kier alpha value is -0.610. The summed E-state index contributed by atoms with van der Waals surface area (Å²) in [4.78, 5) is 13.2. The van der Waals surface area contributed by atoms with Crippen molar-refractivity contribution in [2.45, 2.75) is 31.8 Å². The highest BCUT2D eigenvalue weighted by molar-refractivity contribution is 5.79. The minimum absolute atomic E-state index is 0.426. The molecule has 1 unspecified atom stereocenters. The molecule has 1 rings (SSSR count). The SMILES string of the molecule is CNC1(C(=O)O)CCN(C(C)C)C1. The lowest BCUT2D eigenvalue weighted by molar-refractivity contribution is -0.144. The van der Waals surface area contributed by atoms with Crippen LogP contribution in [0.15, 0.2) is 0 Å². The summed E-state index contributed by atoms with van der Waals surface area (Å²) in [6, 6.07) is 0.426. The van der Waals surface area contributed by atoms with Crippen molar-refractivity contribution in [3.8, 4) is 0 Å². The van der Waals surface area contributed by atoms with Crippen LogP contribution in [0.2, 0.25) is 0 Å². The zero-order valence-corrected chi connectivity index (χ0v) is 8.50. The Labute approximate surface area is 78.9 Å². The van der Waals surface area contributed by atoms with Crippen LogP contribution in [0.5, 0.6) is 0 Å². The van der Waals surface area contributed by atoms with E-state index in [1.807, 2.05) is 0 Å². The molecule has 1 aliphatic heterocycles. The van der Waals surface area contributed by atoms with E-state index in [0.29, 0.717) is 19.0 Å². The molecule has 0 amide bonds. The van der Waals surface area contributed by atoms with Gasteiger partial charge in [-0.05, 0) is 27.3 Å². The van der Waals surface area contributed by atoms with Crippen LogP contribution in [0.4, 0.5) is 0 Å². The van der Waals surface area contributed by atoms with Gasteiger partial charge in [0.2, 0.25) is 0 Å². The Bertz CT molecular complexity index is 206. The molecule has 1 fully saturated rings. The number of hydrogen-bond acceptors (Lipinski definition) is 3. The molecule has 0 bridgehead atoms. The van der Waals surface area contributed by atoms with Gasteiger partial charge >= 0.3 is 5.97 Å². The van der Waals surface area contributed by atoms with Crippen LogP contribution in [0.25, 0.3) is 0 Å². The molecule has 0 radical (unpaired) electrons. The molecule has 0 aliphatic carbocycles. The second kappa shape index (κ2) is 3.64. The van der Waals surface area contributed by atoms with Crippen LogP contribution in [0, 0.1) is 0 Å². The van der Waals surface area contributed by atoms with Gasteiger partial charge in [-0.15, -0.1) is 0 Å². The summed E-state index contributed by atoms with van der Waals surface area (Å²) in [5, 5.41) is 12.0. The Morgan fingerprint density at radius 1 is 1.62 bits per heavy atom. The van der Waals surface area contributed by atoms with Gasteiger partial charge in [0.05, 0.1) is 0 Å². The Morgan fingerprint density at radius 3 is 2.46 bits per heavy atom. The molecule has 76 valence electrons. The predicted molar refractivity (Wildman–Crippen MR) is 50.8 cm³/mol. The van der Waals surface area contributed by atoms with Crippen molar-refractivity contribution in [2.75, 3.05) is 20.1 Å². The van der Waals surface area contributed by atoms with E-state index < -0.39 is 11.5 Å². The Kier molecular flexibility index (Phi) is 2.93. The number of nitrogens with zero attached hydrogens (tertiary/aromatic N) is 1. The van der Waals surface area contributed by atoms with E-state index in [4.69, 9.17) is 5.11 Å². The third kappa shape index (κ3) is 1.84. The first-order valence-corrected chi connectivity index (χ1v) is 4.68. The zero-order chi connectivity index (χ0) is 10.1. The molecular formula is C9H18N2O2. The molecule has 4 heteroatoms. The highest BCUT2D eigenvalue weighted by atomic mass is 16.4. The maximum Gasteiger partial charge on any atom is 0.325 e. The number of nitrogens with one attached hydrogen (secondary N) is 1. The van der Waals surface area contributed by atoms with E-state index in [9.17, 15) is 4.79 Å². The molecule has 1 atom stereocenters. The zero-order valence-electron chi connectivity index (χ0n) is 8.50. The molecule has 0 aromatic rings. The van der Waals surface area contributed by atoms with Crippen LogP contribution >= 0.6 is 0 Å². The van der Waals surface area contributed by atoms with Crippen molar-refractivity contribution in [3.63, 3.8) is 0 Å². The van der Waals surface area contributed by atoms with E-state index >= 15 is 0 Å². The van der Waals surface area contributed by atoms with Crippen LogP contribution < -0.4 is 5.32 Å². The smallest absolute Gasteiger partial charge is 0.325 e. The molecule has 0 saturated carbocycles. The van der Waals surface area contributed by atoms with Crippen LogP contribution in [-0.4, -0.2) is 47.7 Å². The first kappa shape index (κ1) is 10.5. The first-order valence-electron chi connectivity index (χ1n) is 4.68. The lowest BCUT2D eigenvalue weighted by Crippen LogP contribution is -2.52. The standard InChI is InChI=1S/C9H18N2O2/c1-7(2)11-5-4-9(6-11,10-3)8(12)13/h7,10H,4-6H2,1-3H3,(H,12,13). The molecule has 13 heavy (non-hydrogen) atoms. The largest absolute Gasteiger partial charge is 0.480 e. The minimum Gasteiger partial charge on any atom is -0.480 e. The van der Waals surface area contributed by atoms with Crippen molar-refractivity contribution in [2.24, 2.45) is 0 Å². The van der Waals surface area contributed by atoms with Gasteiger partial charge in [0, 0.05) is 19.1 Å². The number of aliphatic carboxylic acids is 1. The summed E-state index contributed by atoms with van der Waals surface area (Å²) in [5.41, 5.74) is -0.718.